The van der Waals surface area contributed by atoms with Crippen LogP contribution in [-0.2, 0) is 9.53 Å². The van der Waals surface area contributed by atoms with Gasteiger partial charge in [-0.3, -0.25) is 0 Å². The minimum atomic E-state index is -0.722. The lowest BCUT2D eigenvalue weighted by Crippen LogP contribution is -2.45. The van der Waals surface area contributed by atoms with Crippen LogP contribution in [0.25, 0.3) is 0 Å². The third-order valence-electron chi connectivity index (χ3n) is 4.15. The molecule has 1 atom stereocenters. The lowest BCUT2D eigenvalue weighted by atomic mass is 9.95. The number of esters is 1. The summed E-state index contributed by atoms with van der Waals surface area (Å²) in [7, 11) is 0. The standard InChI is InChI=1S/C21H29ClN2O5/c1-6-8-28-19-15(22)9-14(10-16(19)27-7-2)18-17(13(5)23-21(26)24-18)20(25)29-11-12(3)4/h9-10,12,18H,6-8,11H2,1-5H3,(H2,23,24,26). The summed E-state index contributed by atoms with van der Waals surface area (Å²) < 4.78 is 16.8. The van der Waals surface area contributed by atoms with Crippen LogP contribution in [0.15, 0.2) is 23.4 Å². The molecule has 1 aliphatic rings. The maximum Gasteiger partial charge on any atom is 0.338 e. The Morgan fingerprint density at radius 2 is 1.97 bits per heavy atom. The van der Waals surface area contributed by atoms with Crippen LogP contribution in [0.2, 0.25) is 5.02 Å². The zero-order chi connectivity index (χ0) is 21.6. The minimum absolute atomic E-state index is 0.193. The Labute approximate surface area is 176 Å². The number of amides is 2. The molecule has 1 heterocycles. The Bertz CT molecular complexity index is 792. The van der Waals surface area contributed by atoms with Gasteiger partial charge in [0.2, 0.25) is 0 Å². The summed E-state index contributed by atoms with van der Waals surface area (Å²) in [6, 6.07) is 2.28. The summed E-state index contributed by atoms with van der Waals surface area (Å²) in [5.74, 6) is 0.611. The molecule has 0 radical (unpaired) electrons. The summed E-state index contributed by atoms with van der Waals surface area (Å²) in [5.41, 5.74) is 1.37. The molecular formula is C21H29ClN2O5. The zero-order valence-electron chi connectivity index (χ0n) is 17.6. The van der Waals surface area contributed by atoms with Crippen LogP contribution in [0.1, 0.15) is 52.6 Å². The minimum Gasteiger partial charge on any atom is -0.490 e. The average molecular weight is 425 g/mol. The second-order valence-electron chi connectivity index (χ2n) is 7.17. The number of benzene rings is 1. The summed E-state index contributed by atoms with van der Waals surface area (Å²) in [6.45, 7) is 10.6. The van der Waals surface area contributed by atoms with Crippen LogP contribution >= 0.6 is 11.6 Å². The Hall–Kier alpha value is -2.41. The highest BCUT2D eigenvalue weighted by Crippen LogP contribution is 2.40. The first-order chi connectivity index (χ1) is 13.8. The summed E-state index contributed by atoms with van der Waals surface area (Å²) in [4.78, 5) is 24.8. The molecule has 2 rings (SSSR count). The molecule has 0 spiro atoms. The average Bonchev–Trinajstić information content (AvgIpc) is 2.65. The van der Waals surface area contributed by atoms with Crippen molar-refractivity contribution in [2.24, 2.45) is 5.92 Å². The molecule has 1 aliphatic heterocycles. The first-order valence-electron chi connectivity index (χ1n) is 9.82. The van der Waals surface area contributed by atoms with Gasteiger partial charge in [-0.25, -0.2) is 9.59 Å². The molecule has 2 N–H and O–H groups in total. The van der Waals surface area contributed by atoms with Gasteiger partial charge in [0.15, 0.2) is 11.5 Å². The number of nitrogens with one attached hydrogen (secondary N) is 2. The van der Waals surface area contributed by atoms with E-state index >= 15 is 0 Å². The monoisotopic (exact) mass is 424 g/mol. The Kier molecular flexibility index (Phi) is 8.20. The summed E-state index contributed by atoms with van der Waals surface area (Å²) >= 11 is 6.46. The van der Waals surface area contributed by atoms with Crippen molar-refractivity contribution in [3.05, 3.63) is 34.0 Å². The highest BCUT2D eigenvalue weighted by atomic mass is 35.5. The number of urea groups is 1. The third-order valence-corrected chi connectivity index (χ3v) is 4.43. The van der Waals surface area contributed by atoms with E-state index in [-0.39, 0.29) is 12.5 Å². The second kappa shape index (κ2) is 10.4. The van der Waals surface area contributed by atoms with Crippen LogP contribution in [0.3, 0.4) is 0 Å². The van der Waals surface area contributed by atoms with Gasteiger partial charge in [-0.1, -0.05) is 32.4 Å². The smallest absolute Gasteiger partial charge is 0.338 e. The van der Waals surface area contributed by atoms with E-state index in [1.807, 2.05) is 27.7 Å². The maximum absolute atomic E-state index is 12.7. The summed E-state index contributed by atoms with van der Waals surface area (Å²) in [6.07, 6.45) is 0.821. The van der Waals surface area contributed by atoms with E-state index in [0.29, 0.717) is 46.6 Å². The van der Waals surface area contributed by atoms with Crippen LogP contribution in [-0.4, -0.2) is 31.8 Å². The number of rotatable bonds is 9. The van der Waals surface area contributed by atoms with Crippen LogP contribution in [0.4, 0.5) is 4.79 Å². The Balaban J connectivity index is 2.46. The molecule has 0 aliphatic carbocycles. The molecule has 0 saturated carbocycles. The van der Waals surface area contributed by atoms with Crippen LogP contribution in [0.5, 0.6) is 11.5 Å². The van der Waals surface area contributed by atoms with E-state index in [9.17, 15) is 9.59 Å². The lowest BCUT2D eigenvalue weighted by Gasteiger charge is -2.29. The van der Waals surface area contributed by atoms with Gasteiger partial charge in [-0.15, -0.1) is 0 Å². The number of hydrogen-bond donors (Lipinski definition) is 2. The number of allylic oxidation sites excluding steroid dienone is 1. The number of carbonyl (C=O) groups excluding carboxylic acids is 2. The van der Waals surface area contributed by atoms with E-state index in [4.69, 9.17) is 25.8 Å². The summed E-state index contributed by atoms with van der Waals surface area (Å²) in [5, 5.41) is 5.76. The Morgan fingerprint density at radius 3 is 2.59 bits per heavy atom. The molecule has 0 aromatic heterocycles. The number of hydrogen-bond acceptors (Lipinski definition) is 5. The van der Waals surface area contributed by atoms with E-state index in [2.05, 4.69) is 10.6 Å². The quantitative estimate of drug-likeness (QED) is 0.575. The topological polar surface area (TPSA) is 85.9 Å². The van der Waals surface area contributed by atoms with Gasteiger partial charge in [-0.05, 0) is 43.9 Å². The van der Waals surface area contributed by atoms with Gasteiger partial charge in [0, 0.05) is 5.70 Å². The molecule has 1 aromatic carbocycles. The molecule has 0 bridgehead atoms. The highest BCUT2D eigenvalue weighted by Gasteiger charge is 2.33. The number of carbonyl (C=O) groups is 2. The van der Waals surface area contributed by atoms with Gasteiger partial charge in [0.25, 0.3) is 0 Å². The largest absolute Gasteiger partial charge is 0.490 e. The molecule has 7 nitrogen and oxygen atoms in total. The molecule has 1 aromatic rings. The molecule has 29 heavy (non-hydrogen) atoms. The van der Waals surface area contributed by atoms with Crippen LogP contribution < -0.4 is 20.1 Å². The first-order valence-corrected chi connectivity index (χ1v) is 10.2. The molecule has 160 valence electrons. The van der Waals surface area contributed by atoms with Gasteiger partial charge in [0.05, 0.1) is 36.5 Å². The predicted octanol–water partition coefficient (Wildman–Crippen LogP) is 4.35. The molecule has 8 heteroatoms. The molecular weight excluding hydrogens is 396 g/mol. The van der Waals surface area contributed by atoms with E-state index in [1.165, 1.54) is 0 Å². The van der Waals surface area contributed by atoms with Crippen molar-refractivity contribution >= 4 is 23.6 Å². The first kappa shape index (κ1) is 22.9. The van der Waals surface area contributed by atoms with Crippen molar-refractivity contribution in [3.63, 3.8) is 0 Å². The van der Waals surface area contributed by atoms with Crippen molar-refractivity contribution < 1.29 is 23.8 Å². The fourth-order valence-corrected chi connectivity index (χ4v) is 3.17. The van der Waals surface area contributed by atoms with Gasteiger partial charge >= 0.3 is 12.0 Å². The van der Waals surface area contributed by atoms with E-state index < -0.39 is 18.0 Å². The molecule has 2 amide bonds. The maximum atomic E-state index is 12.7. The fourth-order valence-electron chi connectivity index (χ4n) is 2.90. The zero-order valence-corrected chi connectivity index (χ0v) is 18.3. The predicted molar refractivity (Wildman–Crippen MR) is 111 cm³/mol. The van der Waals surface area contributed by atoms with Gasteiger partial charge < -0.3 is 24.8 Å². The van der Waals surface area contributed by atoms with Crippen molar-refractivity contribution in [2.75, 3.05) is 19.8 Å². The van der Waals surface area contributed by atoms with E-state index in [1.54, 1.807) is 19.1 Å². The third kappa shape index (κ3) is 5.79. The number of ether oxygens (including phenoxy) is 3. The lowest BCUT2D eigenvalue weighted by molar-refractivity contribution is -0.140. The van der Waals surface area contributed by atoms with Crippen molar-refractivity contribution in [1.82, 2.24) is 10.6 Å². The van der Waals surface area contributed by atoms with Crippen molar-refractivity contribution in [1.29, 1.82) is 0 Å². The van der Waals surface area contributed by atoms with Crippen molar-refractivity contribution in [2.45, 2.75) is 47.1 Å². The van der Waals surface area contributed by atoms with Crippen LogP contribution in [0, 0.1) is 5.92 Å². The second-order valence-corrected chi connectivity index (χ2v) is 7.58. The Morgan fingerprint density at radius 1 is 1.24 bits per heavy atom. The van der Waals surface area contributed by atoms with Crippen molar-refractivity contribution in [3.8, 4) is 11.5 Å². The molecule has 0 fully saturated rings. The highest BCUT2D eigenvalue weighted by molar-refractivity contribution is 6.32. The van der Waals surface area contributed by atoms with Gasteiger partial charge in [0.1, 0.15) is 0 Å². The normalized spacial score (nSPS) is 16.4. The fraction of sp³-hybridized carbons (Fsp3) is 0.524. The molecule has 0 saturated heterocycles. The number of halogens is 1. The van der Waals surface area contributed by atoms with Gasteiger partial charge in [-0.2, -0.15) is 0 Å². The SMILES string of the molecule is CCCOc1c(Cl)cc(C2NC(=O)NC(C)=C2C(=O)OCC(C)C)cc1OCC. The van der Waals surface area contributed by atoms with E-state index in [0.717, 1.165) is 6.42 Å². The molecule has 1 unspecified atom stereocenters.